The van der Waals surface area contributed by atoms with Crippen LogP contribution in [0.3, 0.4) is 0 Å². The molecule has 112 valence electrons. The summed E-state index contributed by atoms with van der Waals surface area (Å²) in [5.41, 5.74) is 2.45. The summed E-state index contributed by atoms with van der Waals surface area (Å²) < 4.78 is 0. The van der Waals surface area contributed by atoms with E-state index in [-0.39, 0.29) is 0 Å². The van der Waals surface area contributed by atoms with E-state index in [0.717, 1.165) is 24.4 Å². The van der Waals surface area contributed by atoms with Crippen LogP contribution < -0.4 is 10.2 Å². The molecule has 1 aromatic carbocycles. The van der Waals surface area contributed by atoms with Gasteiger partial charge in [-0.1, -0.05) is 32.0 Å². The van der Waals surface area contributed by atoms with Crippen LogP contribution in [0.15, 0.2) is 30.3 Å². The number of fused-ring (bicyclic) bond motifs is 1. The summed E-state index contributed by atoms with van der Waals surface area (Å²) in [5.74, 6) is 1.78. The van der Waals surface area contributed by atoms with Crippen molar-refractivity contribution in [1.82, 2.24) is 10.3 Å². The Labute approximate surface area is 127 Å². The molecule has 0 saturated heterocycles. The standard InChI is InChI=1S/C18H25N3/c1-13(2)11-19-12-14-10-18(21(3)15-8-9-15)20-17-7-5-4-6-16(14)17/h4-7,10,13,15,19H,8-9,11-12H2,1-3H3. The van der Waals surface area contributed by atoms with Crippen molar-refractivity contribution in [2.75, 3.05) is 18.5 Å². The van der Waals surface area contributed by atoms with E-state index < -0.39 is 0 Å². The van der Waals surface area contributed by atoms with Gasteiger partial charge in [-0.3, -0.25) is 0 Å². The normalized spacial score (nSPS) is 14.9. The van der Waals surface area contributed by atoms with E-state index in [1.165, 1.54) is 23.8 Å². The first kappa shape index (κ1) is 14.3. The van der Waals surface area contributed by atoms with Crippen molar-refractivity contribution < 1.29 is 0 Å². The molecule has 0 bridgehead atoms. The summed E-state index contributed by atoms with van der Waals surface area (Å²) in [6.45, 7) is 6.44. The van der Waals surface area contributed by atoms with Gasteiger partial charge in [0.1, 0.15) is 5.82 Å². The second-order valence-corrected chi connectivity index (χ2v) is 6.52. The van der Waals surface area contributed by atoms with Crippen molar-refractivity contribution in [3.8, 4) is 0 Å². The van der Waals surface area contributed by atoms with Gasteiger partial charge in [0.25, 0.3) is 0 Å². The van der Waals surface area contributed by atoms with E-state index in [4.69, 9.17) is 4.98 Å². The first-order valence-corrected chi connectivity index (χ1v) is 7.97. The maximum Gasteiger partial charge on any atom is 0.129 e. The van der Waals surface area contributed by atoms with Crippen molar-refractivity contribution >= 4 is 16.7 Å². The highest BCUT2D eigenvalue weighted by molar-refractivity contribution is 5.84. The summed E-state index contributed by atoms with van der Waals surface area (Å²) in [7, 11) is 2.17. The molecule has 1 aliphatic carbocycles. The Morgan fingerprint density at radius 3 is 2.76 bits per heavy atom. The number of hydrogen-bond donors (Lipinski definition) is 1. The first-order chi connectivity index (χ1) is 10.1. The molecular weight excluding hydrogens is 258 g/mol. The lowest BCUT2D eigenvalue weighted by molar-refractivity contribution is 0.553. The Morgan fingerprint density at radius 1 is 1.29 bits per heavy atom. The third-order valence-corrected chi connectivity index (χ3v) is 4.11. The summed E-state index contributed by atoms with van der Waals surface area (Å²) in [6, 6.07) is 11.4. The van der Waals surface area contributed by atoms with Gasteiger partial charge < -0.3 is 10.2 Å². The summed E-state index contributed by atoms with van der Waals surface area (Å²) >= 11 is 0. The molecule has 1 aromatic heterocycles. The lowest BCUT2D eigenvalue weighted by Crippen LogP contribution is -2.22. The van der Waals surface area contributed by atoms with Crippen LogP contribution in [0.25, 0.3) is 10.9 Å². The highest BCUT2D eigenvalue weighted by Crippen LogP contribution is 2.31. The molecule has 1 N–H and O–H groups in total. The molecule has 3 rings (SSSR count). The molecule has 1 saturated carbocycles. The fraction of sp³-hybridized carbons (Fsp3) is 0.500. The first-order valence-electron chi connectivity index (χ1n) is 7.97. The minimum Gasteiger partial charge on any atom is -0.357 e. The van der Waals surface area contributed by atoms with Crippen LogP contribution in [0.2, 0.25) is 0 Å². The molecule has 0 radical (unpaired) electrons. The lowest BCUT2D eigenvalue weighted by atomic mass is 10.1. The van der Waals surface area contributed by atoms with Crippen molar-refractivity contribution in [1.29, 1.82) is 0 Å². The van der Waals surface area contributed by atoms with E-state index in [2.05, 4.69) is 61.4 Å². The quantitative estimate of drug-likeness (QED) is 0.878. The van der Waals surface area contributed by atoms with Crippen molar-refractivity contribution in [2.45, 2.75) is 39.3 Å². The van der Waals surface area contributed by atoms with Crippen molar-refractivity contribution in [3.05, 3.63) is 35.9 Å². The Morgan fingerprint density at radius 2 is 2.05 bits per heavy atom. The molecule has 0 aliphatic heterocycles. The van der Waals surface area contributed by atoms with Gasteiger partial charge in [0.2, 0.25) is 0 Å². The number of aromatic nitrogens is 1. The number of benzene rings is 1. The molecule has 3 heteroatoms. The molecule has 3 nitrogen and oxygen atoms in total. The number of anilines is 1. The monoisotopic (exact) mass is 283 g/mol. The molecule has 1 aliphatic rings. The predicted molar refractivity (Wildman–Crippen MR) is 89.7 cm³/mol. The average Bonchev–Trinajstić information content (AvgIpc) is 3.30. The number of hydrogen-bond acceptors (Lipinski definition) is 3. The van der Waals surface area contributed by atoms with Crippen LogP contribution in [0.5, 0.6) is 0 Å². The number of nitrogens with one attached hydrogen (secondary N) is 1. The second-order valence-electron chi connectivity index (χ2n) is 6.52. The fourth-order valence-corrected chi connectivity index (χ4v) is 2.70. The highest BCUT2D eigenvalue weighted by atomic mass is 15.2. The van der Waals surface area contributed by atoms with Crippen molar-refractivity contribution in [3.63, 3.8) is 0 Å². The SMILES string of the molecule is CC(C)CNCc1cc(N(C)C2CC2)nc2ccccc12. The van der Waals surface area contributed by atoms with E-state index in [1.807, 2.05) is 0 Å². The molecule has 1 fully saturated rings. The number of nitrogens with zero attached hydrogens (tertiary/aromatic N) is 2. The Hall–Kier alpha value is -1.61. The molecule has 2 aromatic rings. The van der Waals surface area contributed by atoms with Gasteiger partial charge in [-0.25, -0.2) is 4.98 Å². The molecule has 0 spiro atoms. The molecule has 0 unspecified atom stereocenters. The number of pyridine rings is 1. The summed E-state index contributed by atoms with van der Waals surface area (Å²) in [4.78, 5) is 7.17. The molecule has 1 heterocycles. The average molecular weight is 283 g/mol. The van der Waals surface area contributed by atoms with Gasteiger partial charge in [0.15, 0.2) is 0 Å². The molecule has 0 amide bonds. The number of para-hydroxylation sites is 1. The van der Waals surface area contributed by atoms with Gasteiger partial charge in [-0.05, 0) is 43.0 Å². The second kappa shape index (κ2) is 6.02. The largest absolute Gasteiger partial charge is 0.357 e. The zero-order valence-electron chi connectivity index (χ0n) is 13.3. The smallest absolute Gasteiger partial charge is 0.129 e. The zero-order chi connectivity index (χ0) is 14.8. The van der Waals surface area contributed by atoms with E-state index in [9.17, 15) is 0 Å². The Kier molecular flexibility index (Phi) is 4.11. The predicted octanol–water partition coefficient (Wildman–Crippen LogP) is 3.58. The molecular formula is C18H25N3. The van der Waals surface area contributed by atoms with Crippen molar-refractivity contribution in [2.24, 2.45) is 5.92 Å². The van der Waals surface area contributed by atoms with Gasteiger partial charge in [-0.2, -0.15) is 0 Å². The van der Waals surface area contributed by atoms with E-state index in [0.29, 0.717) is 12.0 Å². The third-order valence-electron chi connectivity index (χ3n) is 4.11. The highest BCUT2D eigenvalue weighted by Gasteiger charge is 2.27. The van der Waals surface area contributed by atoms with Crippen LogP contribution in [0.1, 0.15) is 32.3 Å². The fourth-order valence-electron chi connectivity index (χ4n) is 2.70. The van der Waals surface area contributed by atoms with Crippen LogP contribution in [0, 0.1) is 5.92 Å². The Bertz CT molecular complexity index is 617. The van der Waals surface area contributed by atoms with Crippen LogP contribution in [0.4, 0.5) is 5.82 Å². The van der Waals surface area contributed by atoms with Gasteiger partial charge >= 0.3 is 0 Å². The topological polar surface area (TPSA) is 28.2 Å². The van der Waals surface area contributed by atoms with E-state index in [1.54, 1.807) is 0 Å². The van der Waals surface area contributed by atoms with Gasteiger partial charge in [0, 0.05) is 25.0 Å². The minimum absolute atomic E-state index is 0.673. The molecule has 0 atom stereocenters. The van der Waals surface area contributed by atoms with Gasteiger partial charge in [0.05, 0.1) is 5.52 Å². The third kappa shape index (κ3) is 3.35. The van der Waals surface area contributed by atoms with Crippen LogP contribution in [-0.2, 0) is 6.54 Å². The van der Waals surface area contributed by atoms with E-state index >= 15 is 0 Å². The zero-order valence-corrected chi connectivity index (χ0v) is 13.3. The van der Waals surface area contributed by atoms with Gasteiger partial charge in [-0.15, -0.1) is 0 Å². The Balaban J connectivity index is 1.91. The minimum atomic E-state index is 0.673. The summed E-state index contributed by atoms with van der Waals surface area (Å²) in [6.07, 6.45) is 2.60. The van der Waals surface area contributed by atoms with Crippen LogP contribution >= 0.6 is 0 Å². The molecule has 21 heavy (non-hydrogen) atoms. The maximum atomic E-state index is 4.84. The lowest BCUT2D eigenvalue weighted by Gasteiger charge is -2.20. The maximum absolute atomic E-state index is 4.84. The number of rotatable bonds is 6. The van der Waals surface area contributed by atoms with Crippen LogP contribution in [-0.4, -0.2) is 24.6 Å². The summed E-state index contributed by atoms with van der Waals surface area (Å²) in [5, 5.41) is 4.82.